The molecule has 2 aromatic rings. The van der Waals surface area contributed by atoms with Gasteiger partial charge in [-0.1, -0.05) is 31.2 Å². The largest absolute Gasteiger partial charge is 0.298 e. The molecule has 0 amide bonds. The highest BCUT2D eigenvalue weighted by atomic mass is 16.1. The van der Waals surface area contributed by atoms with Crippen molar-refractivity contribution in [2.24, 2.45) is 0 Å². The topological polar surface area (TPSA) is 42.9 Å². The molecule has 0 N–H and O–H groups in total. The van der Waals surface area contributed by atoms with E-state index in [-0.39, 0.29) is 0 Å². The van der Waals surface area contributed by atoms with E-state index in [2.05, 4.69) is 16.9 Å². The van der Waals surface area contributed by atoms with Crippen molar-refractivity contribution in [1.29, 1.82) is 0 Å². The van der Waals surface area contributed by atoms with Gasteiger partial charge in [0, 0.05) is 23.0 Å². The standard InChI is InChI=1S/C13H12N2O/c1-2-12-7-8-14-13(15-12)11-5-3-10(9-16)4-6-11/h3-9H,2H2,1H3. The van der Waals surface area contributed by atoms with E-state index in [0.29, 0.717) is 11.4 Å². The minimum absolute atomic E-state index is 0.662. The molecule has 3 heteroatoms. The molecule has 0 radical (unpaired) electrons. The van der Waals surface area contributed by atoms with E-state index in [1.54, 1.807) is 18.3 Å². The van der Waals surface area contributed by atoms with E-state index < -0.39 is 0 Å². The number of benzene rings is 1. The first-order valence-corrected chi connectivity index (χ1v) is 5.21. The van der Waals surface area contributed by atoms with Crippen LogP contribution in [0.4, 0.5) is 0 Å². The summed E-state index contributed by atoms with van der Waals surface area (Å²) in [4.78, 5) is 19.2. The van der Waals surface area contributed by atoms with Crippen molar-refractivity contribution in [2.45, 2.75) is 13.3 Å². The monoisotopic (exact) mass is 212 g/mol. The van der Waals surface area contributed by atoms with E-state index in [9.17, 15) is 4.79 Å². The molecule has 1 aromatic heterocycles. The van der Waals surface area contributed by atoms with Crippen molar-refractivity contribution in [1.82, 2.24) is 9.97 Å². The van der Waals surface area contributed by atoms with Gasteiger partial charge in [0.15, 0.2) is 5.82 Å². The fraction of sp³-hybridized carbons (Fsp3) is 0.154. The number of hydrogen-bond acceptors (Lipinski definition) is 3. The molecular weight excluding hydrogens is 200 g/mol. The average molecular weight is 212 g/mol. The van der Waals surface area contributed by atoms with Crippen molar-refractivity contribution in [3.05, 3.63) is 47.8 Å². The zero-order valence-electron chi connectivity index (χ0n) is 9.05. The Morgan fingerprint density at radius 2 is 1.94 bits per heavy atom. The summed E-state index contributed by atoms with van der Waals surface area (Å²) in [7, 11) is 0. The Hall–Kier alpha value is -2.03. The molecule has 1 aromatic carbocycles. The van der Waals surface area contributed by atoms with Gasteiger partial charge in [-0.05, 0) is 12.5 Å². The number of aromatic nitrogens is 2. The number of hydrogen-bond donors (Lipinski definition) is 0. The maximum atomic E-state index is 10.5. The molecule has 80 valence electrons. The Morgan fingerprint density at radius 1 is 1.19 bits per heavy atom. The van der Waals surface area contributed by atoms with Crippen LogP contribution in [-0.4, -0.2) is 16.3 Å². The molecule has 16 heavy (non-hydrogen) atoms. The number of aryl methyl sites for hydroxylation is 1. The van der Waals surface area contributed by atoms with Crippen LogP contribution >= 0.6 is 0 Å². The minimum Gasteiger partial charge on any atom is -0.298 e. The third-order valence-corrected chi connectivity index (χ3v) is 2.38. The third kappa shape index (κ3) is 2.14. The Morgan fingerprint density at radius 3 is 2.56 bits per heavy atom. The molecule has 0 saturated carbocycles. The van der Waals surface area contributed by atoms with Crippen LogP contribution in [0.1, 0.15) is 23.0 Å². The van der Waals surface area contributed by atoms with Gasteiger partial charge in [-0.25, -0.2) is 9.97 Å². The van der Waals surface area contributed by atoms with Crippen molar-refractivity contribution in [3.63, 3.8) is 0 Å². The predicted octanol–water partition coefficient (Wildman–Crippen LogP) is 2.52. The van der Waals surface area contributed by atoms with Gasteiger partial charge in [0.05, 0.1) is 0 Å². The second kappa shape index (κ2) is 4.66. The van der Waals surface area contributed by atoms with Crippen molar-refractivity contribution in [3.8, 4) is 11.4 Å². The molecule has 1 heterocycles. The first-order chi connectivity index (χ1) is 7.83. The fourth-order valence-corrected chi connectivity index (χ4v) is 1.44. The van der Waals surface area contributed by atoms with E-state index >= 15 is 0 Å². The number of aldehydes is 1. The number of carbonyl (C=O) groups is 1. The average Bonchev–Trinajstić information content (AvgIpc) is 2.39. The molecule has 0 spiro atoms. The van der Waals surface area contributed by atoms with Crippen LogP contribution < -0.4 is 0 Å². The summed E-state index contributed by atoms with van der Waals surface area (Å²) in [6.45, 7) is 2.06. The van der Waals surface area contributed by atoms with Crippen LogP contribution in [0.3, 0.4) is 0 Å². The van der Waals surface area contributed by atoms with E-state index in [0.717, 1.165) is 24.0 Å². The second-order valence-electron chi connectivity index (χ2n) is 3.46. The molecule has 0 bridgehead atoms. The minimum atomic E-state index is 0.662. The van der Waals surface area contributed by atoms with Gasteiger partial charge in [0.2, 0.25) is 0 Å². The zero-order valence-corrected chi connectivity index (χ0v) is 9.05. The number of nitrogens with zero attached hydrogens (tertiary/aromatic N) is 2. The number of rotatable bonds is 3. The van der Waals surface area contributed by atoms with Crippen LogP contribution in [0.2, 0.25) is 0 Å². The van der Waals surface area contributed by atoms with Crippen LogP contribution in [-0.2, 0) is 6.42 Å². The lowest BCUT2D eigenvalue weighted by Crippen LogP contribution is -1.93. The van der Waals surface area contributed by atoms with Crippen LogP contribution in [0, 0.1) is 0 Å². The van der Waals surface area contributed by atoms with Gasteiger partial charge >= 0.3 is 0 Å². The van der Waals surface area contributed by atoms with Crippen molar-refractivity contribution < 1.29 is 4.79 Å². The molecular formula is C13H12N2O. The lowest BCUT2D eigenvalue weighted by Gasteiger charge is -2.02. The Bertz CT molecular complexity index is 492. The SMILES string of the molecule is CCc1ccnc(-c2ccc(C=O)cc2)n1. The maximum Gasteiger partial charge on any atom is 0.159 e. The highest BCUT2D eigenvalue weighted by Crippen LogP contribution is 2.15. The first kappa shape index (κ1) is 10.5. The molecule has 0 fully saturated rings. The zero-order chi connectivity index (χ0) is 11.4. The molecule has 0 aliphatic carbocycles. The summed E-state index contributed by atoms with van der Waals surface area (Å²) in [6.07, 6.45) is 3.48. The molecule has 0 saturated heterocycles. The normalized spacial score (nSPS) is 10.1. The summed E-state index contributed by atoms with van der Waals surface area (Å²) in [5, 5.41) is 0. The van der Waals surface area contributed by atoms with E-state index in [1.165, 1.54) is 0 Å². The van der Waals surface area contributed by atoms with Gasteiger partial charge in [0.1, 0.15) is 6.29 Å². The maximum absolute atomic E-state index is 10.5. The highest BCUT2D eigenvalue weighted by molar-refractivity contribution is 5.76. The highest BCUT2D eigenvalue weighted by Gasteiger charge is 2.01. The third-order valence-electron chi connectivity index (χ3n) is 2.38. The van der Waals surface area contributed by atoms with E-state index in [1.807, 2.05) is 18.2 Å². The van der Waals surface area contributed by atoms with Gasteiger partial charge < -0.3 is 0 Å². The Labute approximate surface area is 94.2 Å². The smallest absolute Gasteiger partial charge is 0.159 e. The molecule has 0 unspecified atom stereocenters. The first-order valence-electron chi connectivity index (χ1n) is 5.21. The summed E-state index contributed by atoms with van der Waals surface area (Å²) < 4.78 is 0. The van der Waals surface area contributed by atoms with Crippen LogP contribution in [0.5, 0.6) is 0 Å². The van der Waals surface area contributed by atoms with E-state index in [4.69, 9.17) is 0 Å². The second-order valence-corrected chi connectivity index (χ2v) is 3.46. The molecule has 0 atom stereocenters. The molecule has 0 aliphatic rings. The van der Waals surface area contributed by atoms with Gasteiger partial charge in [-0.3, -0.25) is 4.79 Å². The Balaban J connectivity index is 2.38. The Kier molecular flexibility index (Phi) is 3.05. The van der Waals surface area contributed by atoms with Gasteiger partial charge in [-0.15, -0.1) is 0 Å². The summed E-state index contributed by atoms with van der Waals surface area (Å²) >= 11 is 0. The van der Waals surface area contributed by atoms with Gasteiger partial charge in [-0.2, -0.15) is 0 Å². The summed E-state index contributed by atoms with van der Waals surface area (Å²) in [5.74, 6) is 0.705. The van der Waals surface area contributed by atoms with Crippen molar-refractivity contribution >= 4 is 6.29 Å². The molecule has 0 aliphatic heterocycles. The summed E-state index contributed by atoms with van der Waals surface area (Å²) in [6, 6.07) is 9.16. The molecule has 2 rings (SSSR count). The van der Waals surface area contributed by atoms with Crippen LogP contribution in [0.25, 0.3) is 11.4 Å². The van der Waals surface area contributed by atoms with Crippen molar-refractivity contribution in [2.75, 3.05) is 0 Å². The predicted molar refractivity (Wildman–Crippen MR) is 62.2 cm³/mol. The number of carbonyl (C=O) groups excluding carboxylic acids is 1. The van der Waals surface area contributed by atoms with Gasteiger partial charge in [0.25, 0.3) is 0 Å². The quantitative estimate of drug-likeness (QED) is 0.734. The summed E-state index contributed by atoms with van der Waals surface area (Å²) in [5.41, 5.74) is 2.61. The lowest BCUT2D eigenvalue weighted by atomic mass is 10.1. The molecule has 3 nitrogen and oxygen atoms in total. The fourth-order valence-electron chi connectivity index (χ4n) is 1.44. The van der Waals surface area contributed by atoms with Crippen LogP contribution in [0.15, 0.2) is 36.5 Å². The lowest BCUT2D eigenvalue weighted by molar-refractivity contribution is 0.112.